The highest BCUT2D eigenvalue weighted by molar-refractivity contribution is 6.32. The van der Waals surface area contributed by atoms with E-state index < -0.39 is 11.9 Å². The summed E-state index contributed by atoms with van der Waals surface area (Å²) in [4.78, 5) is 22.3. The number of halogens is 1. The van der Waals surface area contributed by atoms with E-state index in [0.717, 1.165) is 0 Å². The Labute approximate surface area is 159 Å². The number of hydrogen-bond acceptors (Lipinski definition) is 4. The van der Waals surface area contributed by atoms with Gasteiger partial charge in [0.25, 0.3) is 0 Å². The Morgan fingerprint density at radius 3 is 1.96 bits per heavy atom. The molecule has 134 valence electrons. The number of nitrogens with zero attached hydrogens (tertiary/aromatic N) is 2. The van der Waals surface area contributed by atoms with Crippen molar-refractivity contribution in [2.75, 3.05) is 0 Å². The molecule has 0 fully saturated rings. The third-order valence-corrected chi connectivity index (χ3v) is 4.13. The van der Waals surface area contributed by atoms with Gasteiger partial charge in [-0.3, -0.25) is 0 Å². The Hall–Kier alpha value is -3.51. The van der Waals surface area contributed by atoms with Gasteiger partial charge in [-0.05, 0) is 42.0 Å². The molecule has 7 heteroatoms. The summed E-state index contributed by atoms with van der Waals surface area (Å²) >= 11 is 6.07. The van der Waals surface area contributed by atoms with Crippen LogP contribution in [0.2, 0.25) is 5.02 Å². The average molecular weight is 381 g/mol. The van der Waals surface area contributed by atoms with Crippen molar-refractivity contribution in [1.29, 1.82) is 0 Å². The highest BCUT2D eigenvalue weighted by Crippen LogP contribution is 2.34. The molecule has 3 aromatic rings. The molecule has 2 N–H and O–H groups in total. The van der Waals surface area contributed by atoms with E-state index >= 15 is 0 Å². The maximum atomic E-state index is 11.3. The van der Waals surface area contributed by atoms with Crippen molar-refractivity contribution in [3.63, 3.8) is 0 Å². The van der Waals surface area contributed by atoms with Gasteiger partial charge < -0.3 is 10.2 Å². The van der Waals surface area contributed by atoms with Gasteiger partial charge >= 0.3 is 11.9 Å². The Balaban J connectivity index is 2.07. The molecule has 0 unspecified atom stereocenters. The number of azo groups is 1. The first kappa shape index (κ1) is 18.3. The quantitative estimate of drug-likeness (QED) is 0.545. The molecular formula is C20H13ClN2O4. The summed E-state index contributed by atoms with van der Waals surface area (Å²) in [6.07, 6.45) is 0. The number of carboxylic acids is 2. The standard InChI is InChI=1S/C20H13ClN2O4/c21-16-3-1-2-4-17(16)22-23-18-11-14(20(26)27)9-10-15(18)12-5-7-13(8-6-12)19(24)25/h1-11H,(H,24,25)(H,26,27). The zero-order chi connectivity index (χ0) is 19.4. The van der Waals surface area contributed by atoms with E-state index in [9.17, 15) is 14.7 Å². The first-order chi connectivity index (χ1) is 13.0. The van der Waals surface area contributed by atoms with Crippen LogP contribution in [0.15, 0.2) is 77.0 Å². The van der Waals surface area contributed by atoms with Gasteiger partial charge in [-0.1, -0.05) is 41.9 Å². The second-order valence-corrected chi connectivity index (χ2v) is 5.98. The summed E-state index contributed by atoms with van der Waals surface area (Å²) in [5.74, 6) is -2.11. The first-order valence-electron chi connectivity index (χ1n) is 7.83. The van der Waals surface area contributed by atoms with E-state index in [4.69, 9.17) is 16.7 Å². The molecule has 0 bridgehead atoms. The number of benzene rings is 3. The SMILES string of the molecule is O=C(O)c1ccc(-c2ccc(C(=O)O)cc2N=Nc2ccccc2Cl)cc1. The van der Waals surface area contributed by atoms with Crippen LogP contribution in [0.4, 0.5) is 11.4 Å². The molecule has 0 heterocycles. The smallest absolute Gasteiger partial charge is 0.335 e. The van der Waals surface area contributed by atoms with Gasteiger partial charge in [0.2, 0.25) is 0 Å². The zero-order valence-corrected chi connectivity index (χ0v) is 14.6. The Kier molecular flexibility index (Phi) is 5.28. The highest BCUT2D eigenvalue weighted by Gasteiger charge is 2.11. The largest absolute Gasteiger partial charge is 0.478 e. The maximum Gasteiger partial charge on any atom is 0.335 e. The van der Waals surface area contributed by atoms with Crippen LogP contribution in [0.1, 0.15) is 20.7 Å². The van der Waals surface area contributed by atoms with Crippen LogP contribution >= 0.6 is 11.6 Å². The van der Waals surface area contributed by atoms with Crippen LogP contribution in [0.5, 0.6) is 0 Å². The van der Waals surface area contributed by atoms with Crippen LogP contribution in [0, 0.1) is 0 Å². The van der Waals surface area contributed by atoms with Crippen molar-refractivity contribution < 1.29 is 19.8 Å². The number of carboxylic acid groups (broad SMARTS) is 2. The topological polar surface area (TPSA) is 99.3 Å². The molecule has 0 radical (unpaired) electrons. The molecular weight excluding hydrogens is 368 g/mol. The summed E-state index contributed by atoms with van der Waals surface area (Å²) in [6, 6.07) is 17.6. The molecule has 0 aliphatic heterocycles. The molecule has 0 saturated heterocycles. The van der Waals surface area contributed by atoms with Crippen molar-refractivity contribution in [1.82, 2.24) is 0 Å². The Morgan fingerprint density at radius 1 is 0.741 bits per heavy atom. The van der Waals surface area contributed by atoms with Crippen LogP contribution in [0.3, 0.4) is 0 Å². The minimum atomic E-state index is -1.09. The van der Waals surface area contributed by atoms with E-state index in [2.05, 4.69) is 10.2 Å². The molecule has 0 atom stereocenters. The third-order valence-electron chi connectivity index (χ3n) is 3.81. The van der Waals surface area contributed by atoms with E-state index in [1.54, 1.807) is 42.5 Å². The molecule has 0 saturated carbocycles. The van der Waals surface area contributed by atoms with E-state index in [0.29, 0.717) is 27.5 Å². The summed E-state index contributed by atoms with van der Waals surface area (Å²) in [6.45, 7) is 0. The summed E-state index contributed by atoms with van der Waals surface area (Å²) in [7, 11) is 0. The third kappa shape index (κ3) is 4.19. The van der Waals surface area contributed by atoms with Gasteiger partial charge in [-0.15, -0.1) is 10.2 Å². The number of rotatable bonds is 5. The molecule has 0 amide bonds. The lowest BCUT2D eigenvalue weighted by Gasteiger charge is -2.07. The lowest BCUT2D eigenvalue weighted by Crippen LogP contribution is -1.96. The highest BCUT2D eigenvalue weighted by atomic mass is 35.5. The minimum absolute atomic E-state index is 0.0639. The molecule has 0 aliphatic carbocycles. The van der Waals surface area contributed by atoms with Gasteiger partial charge in [-0.25, -0.2) is 9.59 Å². The second-order valence-electron chi connectivity index (χ2n) is 5.57. The van der Waals surface area contributed by atoms with Crippen LogP contribution in [-0.4, -0.2) is 22.2 Å². The monoisotopic (exact) mass is 380 g/mol. The van der Waals surface area contributed by atoms with Crippen molar-refractivity contribution >= 4 is 34.9 Å². The summed E-state index contributed by atoms with van der Waals surface area (Å²) in [5.41, 5.74) is 2.30. The molecule has 0 spiro atoms. The molecule has 3 rings (SSSR count). The average Bonchev–Trinajstić information content (AvgIpc) is 2.67. The number of carbonyl (C=O) groups is 2. The van der Waals surface area contributed by atoms with Crippen LogP contribution in [0.25, 0.3) is 11.1 Å². The van der Waals surface area contributed by atoms with Gasteiger partial charge in [-0.2, -0.15) is 0 Å². The second kappa shape index (κ2) is 7.80. The molecule has 0 aliphatic rings. The van der Waals surface area contributed by atoms with E-state index in [-0.39, 0.29) is 11.1 Å². The molecule has 3 aromatic carbocycles. The fraction of sp³-hybridized carbons (Fsp3) is 0. The lowest BCUT2D eigenvalue weighted by molar-refractivity contribution is 0.0686. The van der Waals surface area contributed by atoms with Crippen LogP contribution in [-0.2, 0) is 0 Å². The van der Waals surface area contributed by atoms with Gasteiger partial charge in [0.1, 0.15) is 5.69 Å². The summed E-state index contributed by atoms with van der Waals surface area (Å²) in [5, 5.41) is 27.0. The fourth-order valence-electron chi connectivity index (χ4n) is 2.42. The predicted octanol–water partition coefficient (Wildman–Crippen LogP) is 5.82. The van der Waals surface area contributed by atoms with E-state index in [1.165, 1.54) is 24.3 Å². The van der Waals surface area contributed by atoms with Crippen LogP contribution < -0.4 is 0 Å². The molecule has 27 heavy (non-hydrogen) atoms. The Morgan fingerprint density at radius 2 is 1.33 bits per heavy atom. The fourth-order valence-corrected chi connectivity index (χ4v) is 2.60. The zero-order valence-electron chi connectivity index (χ0n) is 13.8. The normalized spacial score (nSPS) is 10.9. The Bertz CT molecular complexity index is 1050. The van der Waals surface area contributed by atoms with Crippen molar-refractivity contribution in [3.8, 4) is 11.1 Å². The first-order valence-corrected chi connectivity index (χ1v) is 8.21. The predicted molar refractivity (Wildman–Crippen MR) is 101 cm³/mol. The summed E-state index contributed by atoms with van der Waals surface area (Å²) < 4.78 is 0. The van der Waals surface area contributed by atoms with Gasteiger partial charge in [0.15, 0.2) is 0 Å². The minimum Gasteiger partial charge on any atom is -0.478 e. The lowest BCUT2D eigenvalue weighted by atomic mass is 10.0. The molecule has 6 nitrogen and oxygen atoms in total. The molecule has 0 aromatic heterocycles. The van der Waals surface area contributed by atoms with Crippen molar-refractivity contribution in [2.24, 2.45) is 10.2 Å². The van der Waals surface area contributed by atoms with Crippen molar-refractivity contribution in [3.05, 3.63) is 82.9 Å². The number of hydrogen-bond donors (Lipinski definition) is 2. The van der Waals surface area contributed by atoms with E-state index in [1.807, 2.05) is 0 Å². The number of aromatic carboxylic acids is 2. The van der Waals surface area contributed by atoms with Gasteiger partial charge in [0.05, 0.1) is 21.8 Å². The van der Waals surface area contributed by atoms with Gasteiger partial charge in [0, 0.05) is 5.56 Å². The van der Waals surface area contributed by atoms with Crippen molar-refractivity contribution in [2.45, 2.75) is 0 Å². The maximum absolute atomic E-state index is 11.3.